The van der Waals surface area contributed by atoms with Gasteiger partial charge in [0.1, 0.15) is 12.6 Å². The van der Waals surface area contributed by atoms with Crippen LogP contribution in [0.5, 0.6) is 0 Å². The van der Waals surface area contributed by atoms with Crippen molar-refractivity contribution in [3.63, 3.8) is 0 Å². The number of amides is 2. The minimum Gasteiger partial charge on any atom is -0.446 e. The van der Waals surface area contributed by atoms with Crippen LogP contribution in [-0.2, 0) is 9.53 Å². The molecule has 1 fully saturated rings. The molecule has 1 heterocycles. The first kappa shape index (κ1) is 12.6. The Balaban J connectivity index is 2.15. The average Bonchev–Trinajstić information content (AvgIpc) is 2.79. The van der Waals surface area contributed by atoms with Crippen LogP contribution >= 0.6 is 0 Å². The number of unbranched alkanes of at least 4 members (excludes halogenated alkanes) is 1. The molecule has 0 saturated carbocycles. The van der Waals surface area contributed by atoms with Gasteiger partial charge < -0.3 is 4.74 Å². The second-order valence-electron chi connectivity index (χ2n) is 4.37. The predicted octanol–water partition coefficient (Wildman–Crippen LogP) is 2.90. The largest absolute Gasteiger partial charge is 0.446 e. The summed E-state index contributed by atoms with van der Waals surface area (Å²) in [5.74, 6) is -0.145. The van der Waals surface area contributed by atoms with Gasteiger partial charge in [-0.3, -0.25) is 4.79 Å². The number of rotatable bonds is 4. The summed E-state index contributed by atoms with van der Waals surface area (Å²) in [5, 5.41) is 0. The van der Waals surface area contributed by atoms with E-state index in [1.807, 2.05) is 37.3 Å². The molecular weight excluding hydrogens is 230 g/mol. The summed E-state index contributed by atoms with van der Waals surface area (Å²) in [6.07, 6.45) is 1.61. The Bertz CT molecular complexity index is 430. The van der Waals surface area contributed by atoms with Gasteiger partial charge in [0, 0.05) is 6.42 Å². The lowest BCUT2D eigenvalue weighted by molar-refractivity contribution is -0.129. The van der Waals surface area contributed by atoms with Gasteiger partial charge in [-0.1, -0.05) is 43.7 Å². The smallest absolute Gasteiger partial charge is 0.417 e. The van der Waals surface area contributed by atoms with Crippen molar-refractivity contribution in [2.45, 2.75) is 32.2 Å². The number of cyclic esters (lactones) is 1. The SMILES string of the molecule is CCCCC(=O)N1C(=O)OCC1c1ccccc1. The van der Waals surface area contributed by atoms with Crippen LogP contribution in [0.25, 0.3) is 0 Å². The highest BCUT2D eigenvalue weighted by molar-refractivity contribution is 5.93. The number of imide groups is 1. The summed E-state index contributed by atoms with van der Waals surface area (Å²) in [5.41, 5.74) is 0.938. The Labute approximate surface area is 107 Å². The lowest BCUT2D eigenvalue weighted by atomic mass is 10.1. The van der Waals surface area contributed by atoms with Crippen LogP contribution in [0.3, 0.4) is 0 Å². The van der Waals surface area contributed by atoms with E-state index in [1.54, 1.807) is 0 Å². The van der Waals surface area contributed by atoms with Crippen molar-refractivity contribution < 1.29 is 14.3 Å². The highest BCUT2D eigenvalue weighted by atomic mass is 16.6. The van der Waals surface area contributed by atoms with Crippen molar-refractivity contribution >= 4 is 12.0 Å². The molecule has 1 aromatic carbocycles. The van der Waals surface area contributed by atoms with E-state index in [-0.39, 0.29) is 18.6 Å². The first-order valence-corrected chi connectivity index (χ1v) is 6.27. The number of hydrogen-bond donors (Lipinski definition) is 0. The highest BCUT2D eigenvalue weighted by Gasteiger charge is 2.38. The summed E-state index contributed by atoms with van der Waals surface area (Å²) in [6, 6.07) is 9.24. The zero-order valence-electron chi connectivity index (χ0n) is 10.5. The topological polar surface area (TPSA) is 46.6 Å². The van der Waals surface area contributed by atoms with Crippen molar-refractivity contribution in [1.82, 2.24) is 4.90 Å². The maximum Gasteiger partial charge on any atom is 0.417 e. The maximum absolute atomic E-state index is 12.0. The summed E-state index contributed by atoms with van der Waals surface area (Å²) < 4.78 is 5.00. The van der Waals surface area contributed by atoms with E-state index >= 15 is 0 Å². The Hall–Kier alpha value is -1.84. The fraction of sp³-hybridized carbons (Fsp3) is 0.429. The molecular formula is C14H17NO3. The number of carbonyl (C=O) groups excluding carboxylic acids is 2. The van der Waals surface area contributed by atoms with E-state index in [0.29, 0.717) is 6.42 Å². The van der Waals surface area contributed by atoms with Crippen molar-refractivity contribution in [1.29, 1.82) is 0 Å². The number of carbonyl (C=O) groups is 2. The van der Waals surface area contributed by atoms with E-state index in [0.717, 1.165) is 18.4 Å². The number of ether oxygens (including phenoxy) is 1. The quantitative estimate of drug-likeness (QED) is 0.821. The van der Waals surface area contributed by atoms with Crippen LogP contribution in [-0.4, -0.2) is 23.5 Å². The molecule has 0 aromatic heterocycles. The summed E-state index contributed by atoms with van der Waals surface area (Å²) in [4.78, 5) is 24.9. The molecule has 1 aromatic rings. The second kappa shape index (κ2) is 5.67. The molecule has 1 unspecified atom stereocenters. The van der Waals surface area contributed by atoms with Crippen molar-refractivity contribution in [2.75, 3.05) is 6.61 Å². The van der Waals surface area contributed by atoms with Crippen LogP contribution in [0.2, 0.25) is 0 Å². The van der Waals surface area contributed by atoms with Gasteiger partial charge in [0.2, 0.25) is 5.91 Å². The van der Waals surface area contributed by atoms with Crippen LogP contribution < -0.4 is 0 Å². The Kier molecular flexibility index (Phi) is 3.97. The van der Waals surface area contributed by atoms with Crippen LogP contribution in [0, 0.1) is 0 Å². The predicted molar refractivity (Wildman–Crippen MR) is 66.9 cm³/mol. The van der Waals surface area contributed by atoms with Gasteiger partial charge in [0.15, 0.2) is 0 Å². The molecule has 2 amide bonds. The van der Waals surface area contributed by atoms with Gasteiger partial charge in [-0.25, -0.2) is 9.69 Å². The monoisotopic (exact) mass is 247 g/mol. The van der Waals surface area contributed by atoms with Crippen molar-refractivity contribution in [3.8, 4) is 0 Å². The van der Waals surface area contributed by atoms with E-state index in [1.165, 1.54) is 4.90 Å². The molecule has 1 aliphatic heterocycles. The van der Waals surface area contributed by atoms with E-state index in [9.17, 15) is 9.59 Å². The molecule has 96 valence electrons. The molecule has 18 heavy (non-hydrogen) atoms. The molecule has 0 N–H and O–H groups in total. The zero-order chi connectivity index (χ0) is 13.0. The molecule has 0 aliphatic carbocycles. The van der Waals surface area contributed by atoms with Crippen molar-refractivity contribution in [2.24, 2.45) is 0 Å². The molecule has 0 bridgehead atoms. The molecule has 1 saturated heterocycles. The van der Waals surface area contributed by atoms with Crippen LogP contribution in [0.4, 0.5) is 4.79 Å². The molecule has 4 nitrogen and oxygen atoms in total. The first-order chi connectivity index (χ1) is 8.74. The van der Waals surface area contributed by atoms with Gasteiger partial charge in [0.05, 0.1) is 0 Å². The third-order valence-corrected chi connectivity index (χ3v) is 3.07. The summed E-state index contributed by atoms with van der Waals surface area (Å²) in [6.45, 7) is 2.27. The average molecular weight is 247 g/mol. The van der Waals surface area contributed by atoms with Gasteiger partial charge >= 0.3 is 6.09 Å². The normalized spacial score (nSPS) is 18.8. The minimum absolute atomic E-state index is 0.145. The maximum atomic E-state index is 12.0. The summed E-state index contributed by atoms with van der Waals surface area (Å²) >= 11 is 0. The summed E-state index contributed by atoms with van der Waals surface area (Å²) in [7, 11) is 0. The third-order valence-electron chi connectivity index (χ3n) is 3.07. The fourth-order valence-corrected chi connectivity index (χ4v) is 2.07. The first-order valence-electron chi connectivity index (χ1n) is 6.27. The highest BCUT2D eigenvalue weighted by Crippen LogP contribution is 2.28. The van der Waals surface area contributed by atoms with Crippen LogP contribution in [0.1, 0.15) is 37.8 Å². The molecule has 2 rings (SSSR count). The van der Waals surface area contributed by atoms with Crippen molar-refractivity contribution in [3.05, 3.63) is 35.9 Å². The number of hydrogen-bond acceptors (Lipinski definition) is 3. The van der Waals surface area contributed by atoms with E-state index in [4.69, 9.17) is 4.74 Å². The fourth-order valence-electron chi connectivity index (χ4n) is 2.07. The molecule has 0 radical (unpaired) electrons. The van der Waals surface area contributed by atoms with Gasteiger partial charge in [-0.15, -0.1) is 0 Å². The number of nitrogens with zero attached hydrogens (tertiary/aromatic N) is 1. The molecule has 1 atom stereocenters. The lowest BCUT2D eigenvalue weighted by Crippen LogP contribution is -2.33. The lowest BCUT2D eigenvalue weighted by Gasteiger charge is -2.19. The second-order valence-corrected chi connectivity index (χ2v) is 4.37. The molecule has 0 spiro atoms. The van der Waals surface area contributed by atoms with Gasteiger partial charge in [-0.2, -0.15) is 0 Å². The minimum atomic E-state index is -0.523. The van der Waals surface area contributed by atoms with E-state index < -0.39 is 6.09 Å². The Morgan fingerprint density at radius 2 is 2.11 bits per heavy atom. The number of benzene rings is 1. The van der Waals surface area contributed by atoms with Crippen LogP contribution in [0.15, 0.2) is 30.3 Å². The van der Waals surface area contributed by atoms with Gasteiger partial charge in [-0.05, 0) is 12.0 Å². The van der Waals surface area contributed by atoms with Gasteiger partial charge in [0.25, 0.3) is 0 Å². The Morgan fingerprint density at radius 3 is 2.78 bits per heavy atom. The standard InChI is InChI=1S/C14H17NO3/c1-2-3-9-13(16)15-12(10-18-14(15)17)11-7-5-4-6-8-11/h4-8,12H,2-3,9-10H2,1H3. The molecule has 4 heteroatoms. The third kappa shape index (κ3) is 2.53. The molecule has 1 aliphatic rings. The zero-order valence-corrected chi connectivity index (χ0v) is 10.5. The Morgan fingerprint density at radius 1 is 1.39 bits per heavy atom. The van der Waals surface area contributed by atoms with E-state index in [2.05, 4.69) is 0 Å².